The first kappa shape index (κ1) is 14.3. The molecular formula is C12H16ClN3O2S. The Morgan fingerprint density at radius 2 is 2.11 bits per heavy atom. The van der Waals surface area contributed by atoms with Crippen molar-refractivity contribution in [3.63, 3.8) is 0 Å². The molecule has 2 amide bonds. The molecule has 0 atom stereocenters. The van der Waals surface area contributed by atoms with Crippen LogP contribution in [-0.4, -0.2) is 42.4 Å². The molecule has 1 aromatic heterocycles. The topological polar surface area (TPSA) is 75.4 Å². The van der Waals surface area contributed by atoms with E-state index in [0.717, 1.165) is 25.9 Å². The van der Waals surface area contributed by atoms with E-state index in [-0.39, 0.29) is 18.5 Å². The molecule has 19 heavy (non-hydrogen) atoms. The average Bonchev–Trinajstić information content (AvgIpc) is 2.83. The molecule has 0 saturated carbocycles. The Hall–Kier alpha value is -1.11. The van der Waals surface area contributed by atoms with Crippen molar-refractivity contribution in [2.75, 3.05) is 19.6 Å². The molecule has 0 radical (unpaired) electrons. The molecule has 1 fully saturated rings. The van der Waals surface area contributed by atoms with Gasteiger partial charge in [0.15, 0.2) is 0 Å². The van der Waals surface area contributed by atoms with Crippen LogP contribution in [0.15, 0.2) is 12.1 Å². The zero-order chi connectivity index (χ0) is 13.8. The summed E-state index contributed by atoms with van der Waals surface area (Å²) in [4.78, 5) is 25.7. The van der Waals surface area contributed by atoms with E-state index in [2.05, 4.69) is 5.32 Å². The first-order valence-corrected chi connectivity index (χ1v) is 7.32. The van der Waals surface area contributed by atoms with Gasteiger partial charge in [-0.15, -0.1) is 11.3 Å². The number of carbonyl (C=O) groups excluding carboxylic acids is 2. The summed E-state index contributed by atoms with van der Waals surface area (Å²) >= 11 is 7.07. The standard InChI is InChI=1S/C12H16ClN3O2S/c13-10-2-1-9(19-10)12(18)16(7-11(14)17)8-3-5-15-6-4-8/h1-2,8,15H,3-7H2,(H2,14,17). The molecule has 3 N–H and O–H groups in total. The minimum Gasteiger partial charge on any atom is -0.368 e. The lowest BCUT2D eigenvalue weighted by atomic mass is 10.0. The molecule has 7 heteroatoms. The van der Waals surface area contributed by atoms with Crippen LogP contribution in [0.4, 0.5) is 0 Å². The SMILES string of the molecule is NC(=O)CN(C(=O)c1ccc(Cl)s1)C1CCNCC1. The third kappa shape index (κ3) is 3.68. The lowest BCUT2D eigenvalue weighted by Crippen LogP contribution is -2.49. The van der Waals surface area contributed by atoms with Crippen molar-refractivity contribution >= 4 is 34.8 Å². The van der Waals surface area contributed by atoms with Crippen molar-refractivity contribution in [2.45, 2.75) is 18.9 Å². The van der Waals surface area contributed by atoms with E-state index in [9.17, 15) is 9.59 Å². The number of hydrogen-bond donors (Lipinski definition) is 2. The molecule has 2 rings (SSSR count). The molecule has 0 aliphatic carbocycles. The Labute approximate surface area is 120 Å². The fourth-order valence-electron chi connectivity index (χ4n) is 2.22. The Morgan fingerprint density at radius 3 is 2.63 bits per heavy atom. The highest BCUT2D eigenvalue weighted by Crippen LogP contribution is 2.24. The van der Waals surface area contributed by atoms with E-state index in [4.69, 9.17) is 17.3 Å². The molecule has 0 aromatic carbocycles. The molecule has 1 aromatic rings. The van der Waals surface area contributed by atoms with Crippen LogP contribution in [0.3, 0.4) is 0 Å². The maximum atomic E-state index is 12.4. The van der Waals surface area contributed by atoms with Crippen LogP contribution in [0.2, 0.25) is 4.34 Å². The molecule has 0 unspecified atom stereocenters. The van der Waals surface area contributed by atoms with Gasteiger partial charge in [-0.1, -0.05) is 11.6 Å². The van der Waals surface area contributed by atoms with Crippen molar-refractivity contribution in [3.05, 3.63) is 21.3 Å². The number of nitrogens with zero attached hydrogens (tertiary/aromatic N) is 1. The van der Waals surface area contributed by atoms with Gasteiger partial charge in [0.1, 0.15) is 0 Å². The molecule has 2 heterocycles. The quantitative estimate of drug-likeness (QED) is 0.874. The van der Waals surface area contributed by atoms with Crippen molar-refractivity contribution in [1.82, 2.24) is 10.2 Å². The van der Waals surface area contributed by atoms with Crippen LogP contribution in [0.1, 0.15) is 22.5 Å². The Bertz CT molecular complexity index is 471. The second kappa shape index (κ2) is 6.36. The van der Waals surface area contributed by atoms with Gasteiger partial charge in [-0.25, -0.2) is 0 Å². The van der Waals surface area contributed by atoms with Crippen LogP contribution >= 0.6 is 22.9 Å². The predicted molar refractivity (Wildman–Crippen MR) is 75.5 cm³/mol. The fraction of sp³-hybridized carbons (Fsp3) is 0.500. The number of primary amides is 1. The van der Waals surface area contributed by atoms with E-state index >= 15 is 0 Å². The highest BCUT2D eigenvalue weighted by atomic mass is 35.5. The summed E-state index contributed by atoms with van der Waals surface area (Å²) in [6, 6.07) is 3.43. The molecule has 0 spiro atoms. The molecule has 0 bridgehead atoms. The van der Waals surface area contributed by atoms with Crippen LogP contribution in [0, 0.1) is 0 Å². The normalized spacial score (nSPS) is 16.3. The van der Waals surface area contributed by atoms with E-state index in [1.54, 1.807) is 17.0 Å². The second-order valence-corrected chi connectivity index (χ2v) is 6.20. The van der Waals surface area contributed by atoms with Gasteiger partial charge in [0.05, 0.1) is 15.8 Å². The van der Waals surface area contributed by atoms with Gasteiger partial charge in [-0.2, -0.15) is 0 Å². The molecule has 104 valence electrons. The first-order chi connectivity index (χ1) is 9.08. The summed E-state index contributed by atoms with van der Waals surface area (Å²) in [7, 11) is 0. The van der Waals surface area contributed by atoms with Gasteiger partial charge in [0.25, 0.3) is 5.91 Å². The van der Waals surface area contributed by atoms with E-state index in [1.807, 2.05) is 0 Å². The molecular weight excluding hydrogens is 286 g/mol. The zero-order valence-electron chi connectivity index (χ0n) is 10.4. The monoisotopic (exact) mass is 301 g/mol. The van der Waals surface area contributed by atoms with E-state index < -0.39 is 5.91 Å². The molecule has 1 saturated heterocycles. The number of carbonyl (C=O) groups is 2. The van der Waals surface area contributed by atoms with Crippen LogP contribution in [0.5, 0.6) is 0 Å². The smallest absolute Gasteiger partial charge is 0.264 e. The summed E-state index contributed by atoms with van der Waals surface area (Å²) in [5.74, 6) is -0.655. The largest absolute Gasteiger partial charge is 0.368 e. The highest BCUT2D eigenvalue weighted by molar-refractivity contribution is 7.17. The summed E-state index contributed by atoms with van der Waals surface area (Å²) in [6.45, 7) is 1.65. The lowest BCUT2D eigenvalue weighted by molar-refractivity contribution is -0.119. The van der Waals surface area contributed by atoms with E-state index in [0.29, 0.717) is 9.21 Å². The summed E-state index contributed by atoms with van der Waals surface area (Å²) in [5.41, 5.74) is 5.25. The summed E-state index contributed by atoms with van der Waals surface area (Å²) < 4.78 is 0.563. The van der Waals surface area contributed by atoms with Crippen molar-refractivity contribution in [2.24, 2.45) is 5.73 Å². The number of hydrogen-bond acceptors (Lipinski definition) is 4. The van der Waals surface area contributed by atoms with Crippen molar-refractivity contribution in [3.8, 4) is 0 Å². The van der Waals surface area contributed by atoms with Gasteiger partial charge < -0.3 is 16.0 Å². The fourth-order valence-corrected chi connectivity index (χ4v) is 3.22. The number of rotatable bonds is 4. The molecule has 5 nitrogen and oxygen atoms in total. The Balaban J connectivity index is 2.16. The molecule has 1 aliphatic heterocycles. The van der Waals surface area contributed by atoms with Gasteiger partial charge in [-0.3, -0.25) is 9.59 Å². The summed E-state index contributed by atoms with van der Waals surface area (Å²) in [6.07, 6.45) is 1.66. The Kier molecular flexibility index (Phi) is 4.79. The van der Waals surface area contributed by atoms with Gasteiger partial charge in [0, 0.05) is 6.04 Å². The maximum Gasteiger partial charge on any atom is 0.264 e. The first-order valence-electron chi connectivity index (χ1n) is 6.13. The van der Waals surface area contributed by atoms with Crippen LogP contribution in [0.25, 0.3) is 0 Å². The maximum absolute atomic E-state index is 12.4. The third-order valence-corrected chi connectivity index (χ3v) is 4.34. The number of nitrogens with two attached hydrogens (primary N) is 1. The second-order valence-electron chi connectivity index (χ2n) is 4.48. The van der Waals surface area contributed by atoms with E-state index in [1.165, 1.54) is 11.3 Å². The Morgan fingerprint density at radius 1 is 1.42 bits per heavy atom. The lowest BCUT2D eigenvalue weighted by Gasteiger charge is -2.33. The minimum atomic E-state index is -0.491. The average molecular weight is 302 g/mol. The number of halogens is 1. The van der Waals surface area contributed by atoms with Crippen LogP contribution < -0.4 is 11.1 Å². The summed E-state index contributed by atoms with van der Waals surface area (Å²) in [5, 5.41) is 3.23. The molecule has 1 aliphatic rings. The zero-order valence-corrected chi connectivity index (χ0v) is 12.0. The van der Waals surface area contributed by atoms with Gasteiger partial charge >= 0.3 is 0 Å². The van der Waals surface area contributed by atoms with Crippen LogP contribution in [-0.2, 0) is 4.79 Å². The minimum absolute atomic E-state index is 0.0426. The highest BCUT2D eigenvalue weighted by Gasteiger charge is 2.28. The predicted octanol–water partition coefficient (Wildman–Crippen LogP) is 1.08. The third-order valence-electron chi connectivity index (χ3n) is 3.12. The van der Waals surface area contributed by atoms with Gasteiger partial charge in [-0.05, 0) is 38.1 Å². The number of piperidine rings is 1. The number of nitrogens with one attached hydrogen (secondary N) is 1. The number of thiophene rings is 1. The van der Waals surface area contributed by atoms with Crippen molar-refractivity contribution < 1.29 is 9.59 Å². The van der Waals surface area contributed by atoms with Crippen molar-refractivity contribution in [1.29, 1.82) is 0 Å². The van der Waals surface area contributed by atoms with Gasteiger partial charge in [0.2, 0.25) is 5.91 Å². The number of amides is 2.